The molecule has 1 aliphatic heterocycles. The Morgan fingerprint density at radius 1 is 1.23 bits per heavy atom. The molecule has 3 aromatic heterocycles. The monoisotopic (exact) mass is 384 g/mol. The summed E-state index contributed by atoms with van der Waals surface area (Å²) in [5.41, 5.74) is 1.06. The molecule has 1 saturated heterocycles. The SMILES string of the molecule is O=C(/C=C/c1cccs1)NC1CCN(c2cc(-c3cccs3)[nH]n2)CC1. The molecule has 1 amide bonds. The molecule has 0 bridgehead atoms. The number of H-pyrrole nitrogens is 1. The number of nitrogens with zero attached hydrogens (tertiary/aromatic N) is 2. The highest BCUT2D eigenvalue weighted by atomic mass is 32.1. The van der Waals surface area contributed by atoms with E-state index in [2.05, 4.69) is 37.9 Å². The molecule has 7 heteroatoms. The van der Waals surface area contributed by atoms with Crippen molar-refractivity contribution >= 4 is 40.5 Å². The lowest BCUT2D eigenvalue weighted by Gasteiger charge is -2.32. The largest absolute Gasteiger partial charge is 0.355 e. The van der Waals surface area contributed by atoms with Crippen LogP contribution in [0.3, 0.4) is 0 Å². The maximum atomic E-state index is 12.1. The fourth-order valence-electron chi connectivity index (χ4n) is 3.08. The van der Waals surface area contributed by atoms with E-state index < -0.39 is 0 Å². The maximum Gasteiger partial charge on any atom is 0.244 e. The van der Waals surface area contributed by atoms with Gasteiger partial charge < -0.3 is 10.2 Å². The third-order valence-corrected chi connectivity index (χ3v) is 6.20. The minimum absolute atomic E-state index is 0.0170. The Bertz CT molecular complexity index is 859. The van der Waals surface area contributed by atoms with Crippen LogP contribution in [-0.2, 0) is 4.79 Å². The number of aromatic amines is 1. The van der Waals surface area contributed by atoms with Crippen LogP contribution in [0.15, 0.2) is 47.2 Å². The van der Waals surface area contributed by atoms with Crippen molar-refractivity contribution in [3.05, 3.63) is 52.0 Å². The van der Waals surface area contributed by atoms with Crippen molar-refractivity contribution in [3.8, 4) is 10.6 Å². The molecule has 0 atom stereocenters. The molecule has 5 nitrogen and oxygen atoms in total. The third kappa shape index (κ3) is 4.05. The van der Waals surface area contributed by atoms with Crippen LogP contribution in [0.5, 0.6) is 0 Å². The molecular weight excluding hydrogens is 364 g/mol. The zero-order valence-electron chi connectivity index (χ0n) is 14.2. The Balaban J connectivity index is 1.28. The second-order valence-electron chi connectivity index (χ2n) is 6.24. The van der Waals surface area contributed by atoms with E-state index in [-0.39, 0.29) is 11.9 Å². The van der Waals surface area contributed by atoms with E-state index in [4.69, 9.17) is 0 Å². The second kappa shape index (κ2) is 7.88. The topological polar surface area (TPSA) is 61.0 Å². The summed E-state index contributed by atoms with van der Waals surface area (Å²) in [4.78, 5) is 16.6. The molecule has 134 valence electrons. The lowest BCUT2D eigenvalue weighted by Crippen LogP contribution is -2.44. The number of hydrogen-bond acceptors (Lipinski definition) is 5. The summed E-state index contributed by atoms with van der Waals surface area (Å²) in [7, 11) is 0. The van der Waals surface area contributed by atoms with Crippen molar-refractivity contribution in [1.29, 1.82) is 0 Å². The van der Waals surface area contributed by atoms with Crippen LogP contribution in [0.1, 0.15) is 17.7 Å². The number of aromatic nitrogens is 2. The fourth-order valence-corrected chi connectivity index (χ4v) is 4.39. The van der Waals surface area contributed by atoms with Gasteiger partial charge in [0.15, 0.2) is 5.82 Å². The highest BCUT2D eigenvalue weighted by Gasteiger charge is 2.22. The Morgan fingerprint density at radius 3 is 2.77 bits per heavy atom. The summed E-state index contributed by atoms with van der Waals surface area (Å²) in [6.07, 6.45) is 5.35. The van der Waals surface area contributed by atoms with Crippen LogP contribution in [0.4, 0.5) is 5.82 Å². The van der Waals surface area contributed by atoms with Gasteiger partial charge in [0.05, 0.1) is 10.6 Å². The maximum absolute atomic E-state index is 12.1. The van der Waals surface area contributed by atoms with Crippen molar-refractivity contribution in [2.45, 2.75) is 18.9 Å². The molecule has 3 aromatic rings. The summed E-state index contributed by atoms with van der Waals surface area (Å²) in [5.74, 6) is 0.965. The highest BCUT2D eigenvalue weighted by molar-refractivity contribution is 7.13. The van der Waals surface area contributed by atoms with E-state index in [0.717, 1.165) is 42.3 Å². The molecule has 0 saturated carbocycles. The average Bonchev–Trinajstić information content (AvgIpc) is 3.42. The fraction of sp³-hybridized carbons (Fsp3) is 0.263. The molecule has 0 aromatic carbocycles. The van der Waals surface area contributed by atoms with Gasteiger partial charge in [-0.15, -0.1) is 22.7 Å². The summed E-state index contributed by atoms with van der Waals surface area (Å²) < 4.78 is 0. The van der Waals surface area contributed by atoms with Gasteiger partial charge in [0.25, 0.3) is 0 Å². The smallest absolute Gasteiger partial charge is 0.244 e. The summed E-state index contributed by atoms with van der Waals surface area (Å²) in [6, 6.07) is 10.4. The summed E-state index contributed by atoms with van der Waals surface area (Å²) in [6.45, 7) is 1.79. The molecule has 0 unspecified atom stereocenters. The third-order valence-electron chi connectivity index (χ3n) is 4.46. The average molecular weight is 385 g/mol. The number of thiophene rings is 2. The van der Waals surface area contributed by atoms with Crippen LogP contribution in [0.25, 0.3) is 16.6 Å². The van der Waals surface area contributed by atoms with E-state index in [1.54, 1.807) is 28.7 Å². The van der Waals surface area contributed by atoms with Crippen molar-refractivity contribution in [3.63, 3.8) is 0 Å². The lowest BCUT2D eigenvalue weighted by molar-refractivity contribution is -0.117. The number of nitrogens with one attached hydrogen (secondary N) is 2. The molecule has 1 aliphatic rings. The predicted molar refractivity (Wildman–Crippen MR) is 109 cm³/mol. The van der Waals surface area contributed by atoms with Gasteiger partial charge in [-0.3, -0.25) is 9.89 Å². The van der Waals surface area contributed by atoms with Crippen LogP contribution in [0.2, 0.25) is 0 Å². The van der Waals surface area contributed by atoms with Gasteiger partial charge in [-0.05, 0) is 41.8 Å². The van der Waals surface area contributed by atoms with E-state index in [9.17, 15) is 4.79 Å². The van der Waals surface area contributed by atoms with E-state index in [0.29, 0.717) is 0 Å². The zero-order valence-corrected chi connectivity index (χ0v) is 15.9. The standard InChI is InChI=1S/C19H20N4OS2/c24-19(6-5-15-3-1-11-25-15)20-14-7-9-23(10-8-14)18-13-16(21-22-18)17-4-2-12-26-17/h1-6,11-14H,7-10H2,(H,20,24)(H,21,22)/b6-5+. The van der Waals surface area contributed by atoms with E-state index in [1.807, 2.05) is 29.7 Å². The molecule has 26 heavy (non-hydrogen) atoms. The Kier molecular flexibility index (Phi) is 5.17. The predicted octanol–water partition coefficient (Wildman–Crippen LogP) is 4.00. The van der Waals surface area contributed by atoms with Crippen molar-refractivity contribution in [1.82, 2.24) is 15.5 Å². The van der Waals surface area contributed by atoms with Crippen molar-refractivity contribution < 1.29 is 4.79 Å². The Labute approximate surface area is 160 Å². The second-order valence-corrected chi connectivity index (χ2v) is 8.16. The molecule has 4 heterocycles. The van der Waals surface area contributed by atoms with Gasteiger partial charge in [-0.1, -0.05) is 12.1 Å². The Hall–Kier alpha value is -2.38. The number of piperidine rings is 1. The number of carbonyl (C=O) groups is 1. The van der Waals surface area contributed by atoms with Gasteiger partial charge in [0.2, 0.25) is 5.91 Å². The Morgan fingerprint density at radius 2 is 2.04 bits per heavy atom. The van der Waals surface area contributed by atoms with Crippen molar-refractivity contribution in [2.75, 3.05) is 18.0 Å². The highest BCUT2D eigenvalue weighted by Crippen LogP contribution is 2.27. The van der Waals surface area contributed by atoms with Gasteiger partial charge in [-0.2, -0.15) is 5.10 Å². The van der Waals surface area contributed by atoms with Crippen LogP contribution >= 0.6 is 22.7 Å². The first kappa shape index (κ1) is 17.1. The number of amides is 1. The molecule has 0 radical (unpaired) electrons. The van der Waals surface area contributed by atoms with Gasteiger partial charge in [0.1, 0.15) is 0 Å². The summed E-state index contributed by atoms with van der Waals surface area (Å²) in [5, 5.41) is 14.7. The first-order valence-corrected chi connectivity index (χ1v) is 10.4. The first-order valence-electron chi connectivity index (χ1n) is 8.64. The number of anilines is 1. The van der Waals surface area contributed by atoms with Gasteiger partial charge in [0, 0.05) is 36.2 Å². The summed E-state index contributed by atoms with van der Waals surface area (Å²) >= 11 is 3.33. The molecule has 2 N–H and O–H groups in total. The molecular formula is C19H20N4OS2. The van der Waals surface area contributed by atoms with Gasteiger partial charge >= 0.3 is 0 Å². The van der Waals surface area contributed by atoms with Gasteiger partial charge in [-0.25, -0.2) is 0 Å². The van der Waals surface area contributed by atoms with Crippen LogP contribution < -0.4 is 10.2 Å². The van der Waals surface area contributed by atoms with Crippen molar-refractivity contribution in [2.24, 2.45) is 0 Å². The minimum Gasteiger partial charge on any atom is -0.355 e. The minimum atomic E-state index is -0.0170. The molecule has 0 aliphatic carbocycles. The van der Waals surface area contributed by atoms with E-state index in [1.165, 1.54) is 4.88 Å². The number of rotatable bonds is 5. The first-order chi connectivity index (χ1) is 12.8. The quantitative estimate of drug-likeness (QED) is 0.654. The number of carbonyl (C=O) groups excluding carboxylic acids is 1. The van der Waals surface area contributed by atoms with Crippen LogP contribution in [-0.4, -0.2) is 35.2 Å². The zero-order chi connectivity index (χ0) is 17.8. The van der Waals surface area contributed by atoms with Crippen LogP contribution in [0, 0.1) is 0 Å². The molecule has 1 fully saturated rings. The molecule has 0 spiro atoms. The lowest BCUT2D eigenvalue weighted by atomic mass is 10.0. The van der Waals surface area contributed by atoms with E-state index >= 15 is 0 Å². The normalized spacial score (nSPS) is 15.6. The number of hydrogen-bond donors (Lipinski definition) is 2. The molecule has 4 rings (SSSR count).